The quantitative estimate of drug-likeness (QED) is 0.885. The van der Waals surface area contributed by atoms with Crippen LogP contribution >= 0.6 is 11.6 Å². The highest BCUT2D eigenvalue weighted by Gasteiger charge is 2.17. The number of ether oxygens (including phenoxy) is 1. The highest BCUT2D eigenvalue weighted by atomic mass is 35.5. The number of H-pyrrole nitrogens is 1. The lowest BCUT2D eigenvalue weighted by Crippen LogP contribution is -2.36. The van der Waals surface area contributed by atoms with Crippen LogP contribution in [0.3, 0.4) is 0 Å². The van der Waals surface area contributed by atoms with Gasteiger partial charge in [0.15, 0.2) is 11.6 Å². The van der Waals surface area contributed by atoms with E-state index >= 15 is 0 Å². The topological polar surface area (TPSA) is 64.1 Å². The van der Waals surface area contributed by atoms with E-state index in [1.54, 1.807) is 13.8 Å². The second-order valence-electron chi connectivity index (χ2n) is 4.77. The van der Waals surface area contributed by atoms with Crippen molar-refractivity contribution in [2.24, 2.45) is 0 Å². The first-order chi connectivity index (χ1) is 9.86. The summed E-state index contributed by atoms with van der Waals surface area (Å²) in [5.41, 5.74) is -0.909. The summed E-state index contributed by atoms with van der Waals surface area (Å²) in [6, 6.07) is 3.84. The van der Waals surface area contributed by atoms with Crippen molar-refractivity contribution in [1.29, 1.82) is 0 Å². The first-order valence-electron chi connectivity index (χ1n) is 6.25. The molecule has 1 aromatic carbocycles. The van der Waals surface area contributed by atoms with Crippen LogP contribution in [0.4, 0.5) is 4.39 Å². The van der Waals surface area contributed by atoms with Gasteiger partial charge >= 0.3 is 5.69 Å². The van der Waals surface area contributed by atoms with Crippen molar-refractivity contribution in [3.8, 4) is 11.4 Å². The third kappa shape index (κ3) is 2.71. The molecule has 2 rings (SSSR count). The van der Waals surface area contributed by atoms with Gasteiger partial charge in [-0.2, -0.15) is 0 Å². The maximum Gasteiger partial charge on any atom is 0.334 e. The molecule has 0 amide bonds. The Kier molecular flexibility index (Phi) is 4.18. The summed E-state index contributed by atoms with van der Waals surface area (Å²) < 4.78 is 19.4. The van der Waals surface area contributed by atoms with Crippen LogP contribution in [0.5, 0.6) is 5.75 Å². The van der Waals surface area contributed by atoms with Crippen molar-refractivity contribution in [3.63, 3.8) is 0 Å². The number of benzene rings is 1. The number of halogens is 2. The van der Waals surface area contributed by atoms with Crippen molar-refractivity contribution in [3.05, 3.63) is 55.6 Å². The summed E-state index contributed by atoms with van der Waals surface area (Å²) in [5, 5.41) is 0.00485. The maximum absolute atomic E-state index is 13.8. The lowest BCUT2D eigenvalue weighted by Gasteiger charge is -2.12. The zero-order valence-corrected chi connectivity index (χ0v) is 12.5. The molecule has 0 unspecified atom stereocenters. The average molecular weight is 313 g/mol. The largest absolute Gasteiger partial charge is 0.494 e. The molecule has 1 aromatic heterocycles. The Balaban J connectivity index is 2.76. The zero-order valence-electron chi connectivity index (χ0n) is 11.7. The third-order valence-corrected chi connectivity index (χ3v) is 3.36. The molecule has 0 saturated carbocycles. The van der Waals surface area contributed by atoms with Gasteiger partial charge in [-0.3, -0.25) is 9.78 Å². The standard InChI is InChI=1S/C14H14ClFN2O3/c1-7(2)11-12(15)17-14(20)18(13(11)19)8-4-5-10(21-3)9(16)6-8/h4-7H,1-3H3,(H,17,20). The summed E-state index contributed by atoms with van der Waals surface area (Å²) in [6.45, 7) is 3.56. The van der Waals surface area contributed by atoms with Gasteiger partial charge in [0, 0.05) is 6.07 Å². The van der Waals surface area contributed by atoms with Crippen LogP contribution in [0.25, 0.3) is 5.69 Å². The first-order valence-corrected chi connectivity index (χ1v) is 6.63. The Morgan fingerprint density at radius 1 is 1.33 bits per heavy atom. The van der Waals surface area contributed by atoms with Gasteiger partial charge in [0.05, 0.1) is 18.4 Å². The Morgan fingerprint density at radius 2 is 2.00 bits per heavy atom. The minimum absolute atomic E-state index is 0.00485. The number of hydrogen-bond donors (Lipinski definition) is 1. The van der Waals surface area contributed by atoms with Crippen LogP contribution in [0.2, 0.25) is 5.15 Å². The lowest BCUT2D eigenvalue weighted by atomic mass is 10.1. The molecule has 21 heavy (non-hydrogen) atoms. The van der Waals surface area contributed by atoms with Crippen LogP contribution < -0.4 is 16.0 Å². The second kappa shape index (κ2) is 5.73. The highest BCUT2D eigenvalue weighted by molar-refractivity contribution is 6.30. The minimum atomic E-state index is -0.723. The third-order valence-electron chi connectivity index (χ3n) is 3.06. The second-order valence-corrected chi connectivity index (χ2v) is 5.15. The summed E-state index contributed by atoms with van der Waals surface area (Å²) in [5.74, 6) is -0.820. The fourth-order valence-corrected chi connectivity index (χ4v) is 2.43. The fourth-order valence-electron chi connectivity index (χ4n) is 2.05. The summed E-state index contributed by atoms with van der Waals surface area (Å²) in [7, 11) is 1.33. The first kappa shape index (κ1) is 15.3. The van der Waals surface area contributed by atoms with Crippen molar-refractivity contribution in [1.82, 2.24) is 9.55 Å². The summed E-state index contributed by atoms with van der Waals surface area (Å²) >= 11 is 5.91. The molecular formula is C14H14ClFN2O3. The molecular weight excluding hydrogens is 299 g/mol. The van der Waals surface area contributed by atoms with E-state index in [4.69, 9.17) is 16.3 Å². The minimum Gasteiger partial charge on any atom is -0.494 e. The van der Waals surface area contributed by atoms with Crippen molar-refractivity contribution < 1.29 is 9.13 Å². The highest BCUT2D eigenvalue weighted by Crippen LogP contribution is 2.20. The monoisotopic (exact) mass is 312 g/mol. The normalized spacial score (nSPS) is 11.0. The molecule has 7 heteroatoms. The van der Waals surface area contributed by atoms with Gasteiger partial charge in [0.2, 0.25) is 0 Å². The van der Waals surface area contributed by atoms with Gasteiger partial charge in [-0.15, -0.1) is 0 Å². The van der Waals surface area contributed by atoms with Gasteiger partial charge in [-0.05, 0) is 18.1 Å². The Morgan fingerprint density at radius 3 is 2.52 bits per heavy atom. The molecule has 0 bridgehead atoms. The van der Waals surface area contributed by atoms with Crippen molar-refractivity contribution in [2.75, 3.05) is 7.11 Å². The summed E-state index contributed by atoms with van der Waals surface area (Å²) in [4.78, 5) is 26.8. The molecule has 0 aliphatic carbocycles. The number of aromatic amines is 1. The number of rotatable bonds is 3. The molecule has 0 fully saturated rings. The fraction of sp³-hybridized carbons (Fsp3) is 0.286. The number of nitrogens with zero attached hydrogens (tertiary/aromatic N) is 1. The number of hydrogen-bond acceptors (Lipinski definition) is 3. The van der Waals surface area contributed by atoms with E-state index < -0.39 is 17.1 Å². The van der Waals surface area contributed by atoms with Gasteiger partial charge in [0.1, 0.15) is 5.15 Å². The number of nitrogens with one attached hydrogen (secondary N) is 1. The smallest absolute Gasteiger partial charge is 0.334 e. The van der Waals surface area contributed by atoms with E-state index in [-0.39, 0.29) is 28.1 Å². The Bertz CT molecular complexity index is 796. The molecule has 112 valence electrons. The molecule has 0 saturated heterocycles. The maximum atomic E-state index is 13.8. The van der Waals surface area contributed by atoms with Crippen LogP contribution in [0.15, 0.2) is 27.8 Å². The molecule has 0 spiro atoms. The van der Waals surface area contributed by atoms with E-state index in [2.05, 4.69) is 4.98 Å². The summed E-state index contributed by atoms with van der Waals surface area (Å²) in [6.07, 6.45) is 0. The van der Waals surface area contributed by atoms with Crippen LogP contribution in [0, 0.1) is 5.82 Å². The lowest BCUT2D eigenvalue weighted by molar-refractivity contribution is 0.386. The molecule has 0 aliphatic rings. The van der Waals surface area contributed by atoms with Crippen molar-refractivity contribution >= 4 is 11.6 Å². The molecule has 0 radical (unpaired) electrons. The van der Waals surface area contributed by atoms with Gasteiger partial charge in [0.25, 0.3) is 5.56 Å². The van der Waals surface area contributed by atoms with E-state index in [0.717, 1.165) is 10.6 Å². The molecule has 0 atom stereocenters. The molecule has 2 aromatic rings. The van der Waals surface area contributed by atoms with Crippen LogP contribution in [-0.2, 0) is 0 Å². The molecule has 0 aliphatic heterocycles. The molecule has 1 heterocycles. The average Bonchev–Trinajstić information content (AvgIpc) is 2.37. The van der Waals surface area contributed by atoms with Gasteiger partial charge < -0.3 is 4.74 Å². The van der Waals surface area contributed by atoms with Crippen LogP contribution in [-0.4, -0.2) is 16.7 Å². The van der Waals surface area contributed by atoms with Gasteiger partial charge in [-0.25, -0.2) is 13.8 Å². The Hall–Kier alpha value is -2.08. The van der Waals surface area contributed by atoms with Crippen molar-refractivity contribution in [2.45, 2.75) is 19.8 Å². The molecule has 1 N–H and O–H groups in total. The zero-order chi connectivity index (χ0) is 15.7. The molecule has 5 nitrogen and oxygen atoms in total. The predicted molar refractivity (Wildman–Crippen MR) is 78.3 cm³/mol. The van der Waals surface area contributed by atoms with E-state index in [1.807, 2.05) is 0 Å². The van der Waals surface area contributed by atoms with Crippen LogP contribution in [0.1, 0.15) is 25.3 Å². The van der Waals surface area contributed by atoms with E-state index in [9.17, 15) is 14.0 Å². The number of methoxy groups -OCH3 is 1. The van der Waals surface area contributed by atoms with E-state index in [1.165, 1.54) is 19.2 Å². The van der Waals surface area contributed by atoms with Gasteiger partial charge in [-0.1, -0.05) is 25.4 Å². The Labute approximate surface area is 125 Å². The number of aromatic nitrogens is 2. The predicted octanol–water partition coefficient (Wildman–Crippen LogP) is 2.45. The SMILES string of the molecule is COc1ccc(-n2c(=O)[nH]c(Cl)c(C(C)C)c2=O)cc1F. The van der Waals surface area contributed by atoms with E-state index in [0.29, 0.717) is 0 Å².